The molecule has 126 valence electrons. The zero-order chi connectivity index (χ0) is 16.7. The van der Waals surface area contributed by atoms with Crippen LogP contribution in [0, 0.1) is 6.92 Å². The van der Waals surface area contributed by atoms with Crippen LogP contribution in [0.5, 0.6) is 0 Å². The molecule has 0 spiro atoms. The van der Waals surface area contributed by atoms with Crippen molar-refractivity contribution in [2.45, 2.75) is 51.5 Å². The molecule has 0 unspecified atom stereocenters. The van der Waals surface area contributed by atoms with Gasteiger partial charge in [0, 0.05) is 17.8 Å². The summed E-state index contributed by atoms with van der Waals surface area (Å²) in [5.74, 6) is 1.46. The van der Waals surface area contributed by atoms with Gasteiger partial charge in [-0.2, -0.15) is 4.98 Å². The summed E-state index contributed by atoms with van der Waals surface area (Å²) >= 11 is 0. The Hall–Kier alpha value is -2.51. The minimum absolute atomic E-state index is 0.0640. The molecule has 2 aromatic heterocycles. The fraction of sp³-hybridized carbons (Fsp3) is 0.562. The Labute approximate surface area is 139 Å². The van der Waals surface area contributed by atoms with Gasteiger partial charge in [-0.05, 0) is 45.4 Å². The van der Waals surface area contributed by atoms with Crippen molar-refractivity contribution in [2.75, 3.05) is 11.4 Å². The minimum atomic E-state index is -0.676. The normalized spacial score (nSPS) is 20.2. The highest BCUT2D eigenvalue weighted by Gasteiger charge is 2.34. The summed E-state index contributed by atoms with van der Waals surface area (Å²) in [5, 5.41) is 3.67. The number of fused-ring (bicyclic) bond motifs is 1. The molecule has 0 aromatic carbocycles. The number of hydrogen-bond acceptors (Lipinski definition) is 7. The maximum atomic E-state index is 11.2. The molecule has 3 heterocycles. The Morgan fingerprint density at radius 3 is 2.83 bits per heavy atom. The van der Waals surface area contributed by atoms with Crippen molar-refractivity contribution in [1.29, 1.82) is 0 Å². The smallest absolute Gasteiger partial charge is 0.290 e. The molecule has 0 bridgehead atoms. The van der Waals surface area contributed by atoms with Crippen LogP contribution in [-0.2, 0) is 12.8 Å². The highest BCUT2D eigenvalue weighted by atomic mass is 16.5. The Bertz CT molecular complexity index is 787. The lowest BCUT2D eigenvalue weighted by Crippen LogP contribution is -2.27. The van der Waals surface area contributed by atoms with E-state index in [9.17, 15) is 4.79 Å². The molecule has 1 fully saturated rings. The molecule has 4 rings (SSSR count). The maximum Gasteiger partial charge on any atom is 0.290 e. The zero-order valence-corrected chi connectivity index (χ0v) is 13.7. The van der Waals surface area contributed by atoms with Gasteiger partial charge < -0.3 is 15.2 Å². The van der Waals surface area contributed by atoms with Gasteiger partial charge in [0.2, 0.25) is 5.89 Å². The first kappa shape index (κ1) is 15.0. The highest BCUT2D eigenvalue weighted by molar-refractivity contribution is 5.88. The predicted molar refractivity (Wildman–Crippen MR) is 85.5 cm³/mol. The number of nitrogens with zero attached hydrogens (tertiary/aromatic N) is 5. The van der Waals surface area contributed by atoms with Gasteiger partial charge in [-0.3, -0.25) is 4.79 Å². The zero-order valence-electron chi connectivity index (χ0n) is 13.7. The molecule has 1 aliphatic heterocycles. The first-order chi connectivity index (χ1) is 11.6. The van der Waals surface area contributed by atoms with Crippen LogP contribution in [0.15, 0.2) is 4.52 Å². The van der Waals surface area contributed by atoms with Crippen LogP contribution in [0.2, 0.25) is 0 Å². The molecule has 0 saturated carbocycles. The van der Waals surface area contributed by atoms with Crippen LogP contribution in [0.3, 0.4) is 0 Å². The molecule has 0 radical (unpaired) electrons. The van der Waals surface area contributed by atoms with E-state index in [0.29, 0.717) is 5.89 Å². The SMILES string of the molecule is Cc1nc2c(c(N3CCC[C@H]3c3nc(C(N)=O)no3)n1)CCCC2. The summed E-state index contributed by atoms with van der Waals surface area (Å²) in [6.07, 6.45) is 6.26. The Kier molecular flexibility index (Phi) is 3.66. The van der Waals surface area contributed by atoms with Gasteiger partial charge in [0.05, 0.1) is 0 Å². The molecule has 2 N–H and O–H groups in total. The summed E-state index contributed by atoms with van der Waals surface area (Å²) in [6.45, 7) is 2.81. The number of hydrogen-bond donors (Lipinski definition) is 1. The number of nitrogens with two attached hydrogens (primary N) is 1. The molecule has 1 atom stereocenters. The Morgan fingerprint density at radius 1 is 1.21 bits per heavy atom. The van der Waals surface area contributed by atoms with Crippen molar-refractivity contribution in [3.05, 3.63) is 28.8 Å². The first-order valence-corrected chi connectivity index (χ1v) is 8.40. The van der Waals surface area contributed by atoms with Gasteiger partial charge in [-0.25, -0.2) is 9.97 Å². The first-order valence-electron chi connectivity index (χ1n) is 8.40. The molecule has 1 amide bonds. The van der Waals surface area contributed by atoms with Gasteiger partial charge in [0.1, 0.15) is 17.7 Å². The van der Waals surface area contributed by atoms with Crippen LogP contribution in [0.4, 0.5) is 5.82 Å². The summed E-state index contributed by atoms with van der Waals surface area (Å²) in [4.78, 5) is 26.9. The minimum Gasteiger partial charge on any atom is -0.363 e. The lowest BCUT2D eigenvalue weighted by molar-refractivity contribution is 0.0987. The third-order valence-corrected chi connectivity index (χ3v) is 4.75. The average molecular weight is 328 g/mol. The van der Waals surface area contributed by atoms with E-state index in [1.165, 1.54) is 12.0 Å². The number of rotatable bonds is 3. The second kappa shape index (κ2) is 5.85. The van der Waals surface area contributed by atoms with Gasteiger partial charge in [0.15, 0.2) is 0 Å². The maximum absolute atomic E-state index is 11.2. The van der Waals surface area contributed by atoms with Crippen LogP contribution in [0.1, 0.15) is 65.3 Å². The van der Waals surface area contributed by atoms with Crippen molar-refractivity contribution >= 4 is 11.7 Å². The van der Waals surface area contributed by atoms with Crippen molar-refractivity contribution in [3.63, 3.8) is 0 Å². The number of aryl methyl sites for hydroxylation is 2. The van der Waals surface area contributed by atoms with Crippen LogP contribution in [0.25, 0.3) is 0 Å². The summed E-state index contributed by atoms with van der Waals surface area (Å²) < 4.78 is 5.29. The van der Waals surface area contributed by atoms with Gasteiger partial charge in [0.25, 0.3) is 11.7 Å². The third-order valence-electron chi connectivity index (χ3n) is 4.75. The lowest BCUT2D eigenvalue weighted by atomic mass is 9.96. The molecule has 1 aliphatic carbocycles. The largest absolute Gasteiger partial charge is 0.363 e. The van der Waals surface area contributed by atoms with Crippen molar-refractivity contribution < 1.29 is 9.32 Å². The summed E-state index contributed by atoms with van der Waals surface area (Å²) in [6, 6.07) is -0.0640. The van der Waals surface area contributed by atoms with Gasteiger partial charge in [-0.15, -0.1) is 0 Å². The Balaban J connectivity index is 1.72. The second-order valence-corrected chi connectivity index (χ2v) is 6.40. The van der Waals surface area contributed by atoms with E-state index in [-0.39, 0.29) is 11.9 Å². The Morgan fingerprint density at radius 2 is 2.04 bits per heavy atom. The van der Waals surface area contributed by atoms with Crippen molar-refractivity contribution in [3.8, 4) is 0 Å². The van der Waals surface area contributed by atoms with E-state index < -0.39 is 5.91 Å². The molecule has 2 aliphatic rings. The summed E-state index contributed by atoms with van der Waals surface area (Å²) in [5.41, 5.74) is 7.63. The lowest BCUT2D eigenvalue weighted by Gasteiger charge is -2.28. The number of aromatic nitrogens is 4. The van der Waals surface area contributed by atoms with E-state index in [0.717, 1.165) is 56.0 Å². The number of anilines is 1. The quantitative estimate of drug-likeness (QED) is 0.908. The average Bonchev–Trinajstić information content (AvgIpc) is 3.22. The van der Waals surface area contributed by atoms with E-state index in [1.807, 2.05) is 6.92 Å². The highest BCUT2D eigenvalue weighted by Crippen LogP contribution is 2.38. The molecule has 2 aromatic rings. The van der Waals surface area contributed by atoms with Crippen LogP contribution >= 0.6 is 0 Å². The predicted octanol–water partition coefficient (Wildman–Crippen LogP) is 1.49. The van der Waals surface area contributed by atoms with Gasteiger partial charge in [-0.1, -0.05) is 5.16 Å². The second-order valence-electron chi connectivity index (χ2n) is 6.40. The monoisotopic (exact) mass is 328 g/mol. The van der Waals surface area contributed by atoms with Crippen molar-refractivity contribution in [2.24, 2.45) is 5.73 Å². The van der Waals surface area contributed by atoms with Crippen LogP contribution < -0.4 is 10.6 Å². The molecular weight excluding hydrogens is 308 g/mol. The number of amides is 1. The fourth-order valence-electron chi connectivity index (χ4n) is 3.68. The molecule has 24 heavy (non-hydrogen) atoms. The number of carbonyl (C=O) groups excluding carboxylic acids is 1. The standard InChI is InChI=1S/C16H20N6O2/c1-9-18-11-6-3-2-5-10(11)15(19-9)22-8-4-7-12(22)16-20-14(13(17)23)21-24-16/h12H,2-8H2,1H3,(H2,17,23)/t12-/m0/s1. The number of primary amides is 1. The topological polar surface area (TPSA) is 111 Å². The van der Waals surface area contributed by atoms with Crippen molar-refractivity contribution in [1.82, 2.24) is 20.1 Å². The van der Waals surface area contributed by atoms with Crippen LogP contribution in [-0.4, -0.2) is 32.6 Å². The van der Waals surface area contributed by atoms with E-state index in [4.69, 9.17) is 15.2 Å². The molecular formula is C16H20N6O2. The molecule has 8 heteroatoms. The molecule has 1 saturated heterocycles. The van der Waals surface area contributed by atoms with E-state index in [1.54, 1.807) is 0 Å². The van der Waals surface area contributed by atoms with E-state index >= 15 is 0 Å². The number of carbonyl (C=O) groups is 1. The third kappa shape index (κ3) is 2.51. The summed E-state index contributed by atoms with van der Waals surface area (Å²) in [7, 11) is 0. The molecule has 8 nitrogen and oxygen atoms in total. The fourth-order valence-corrected chi connectivity index (χ4v) is 3.68. The van der Waals surface area contributed by atoms with Gasteiger partial charge >= 0.3 is 0 Å². The van der Waals surface area contributed by atoms with E-state index in [2.05, 4.69) is 20.0 Å².